The van der Waals surface area contributed by atoms with Crippen LogP contribution in [0.5, 0.6) is 0 Å². The molecule has 1 aromatic heterocycles. The van der Waals surface area contributed by atoms with E-state index >= 15 is 0 Å². The predicted molar refractivity (Wildman–Crippen MR) is 63.3 cm³/mol. The molecule has 1 atom stereocenters. The molecule has 0 amide bonds. The van der Waals surface area contributed by atoms with Gasteiger partial charge in [-0.25, -0.2) is 4.39 Å². The van der Waals surface area contributed by atoms with Crippen molar-refractivity contribution in [2.24, 2.45) is 0 Å². The van der Waals surface area contributed by atoms with Crippen molar-refractivity contribution in [2.75, 3.05) is 0 Å². The van der Waals surface area contributed by atoms with Gasteiger partial charge < -0.3 is 9.52 Å². The summed E-state index contributed by atoms with van der Waals surface area (Å²) in [6, 6.07) is 8.15. The van der Waals surface area contributed by atoms with E-state index in [9.17, 15) is 9.50 Å². The third-order valence-corrected chi connectivity index (χ3v) is 2.75. The maximum atomic E-state index is 13.6. The Labute approximate surface area is 99.7 Å². The Morgan fingerprint density at radius 3 is 2.71 bits per heavy atom. The number of furan rings is 1. The zero-order valence-corrected chi connectivity index (χ0v) is 9.90. The average molecular weight is 234 g/mol. The van der Waals surface area contributed by atoms with Crippen LogP contribution in [0.2, 0.25) is 0 Å². The molecule has 90 valence electrons. The molecule has 0 saturated carbocycles. The lowest BCUT2D eigenvalue weighted by Gasteiger charge is -2.10. The fourth-order valence-corrected chi connectivity index (χ4v) is 1.76. The van der Waals surface area contributed by atoms with E-state index in [0.29, 0.717) is 5.76 Å². The first-order chi connectivity index (χ1) is 8.11. The van der Waals surface area contributed by atoms with Crippen molar-refractivity contribution in [1.82, 2.24) is 0 Å². The Hall–Kier alpha value is -1.61. The summed E-state index contributed by atoms with van der Waals surface area (Å²) in [6.45, 7) is 3.82. The van der Waals surface area contributed by atoms with Gasteiger partial charge in [0.25, 0.3) is 0 Å². The molecule has 1 aromatic carbocycles. The Balaban J connectivity index is 2.35. The summed E-state index contributed by atoms with van der Waals surface area (Å²) in [7, 11) is 0. The summed E-state index contributed by atoms with van der Waals surface area (Å²) in [5.74, 6) is 0.746. The molecule has 0 spiro atoms. The molecule has 0 radical (unpaired) electrons. The molecule has 1 heterocycles. The van der Waals surface area contributed by atoms with Crippen LogP contribution in [0.3, 0.4) is 0 Å². The summed E-state index contributed by atoms with van der Waals surface area (Å²) >= 11 is 0. The second kappa shape index (κ2) is 4.72. The topological polar surface area (TPSA) is 33.4 Å². The van der Waals surface area contributed by atoms with Gasteiger partial charge in [0.2, 0.25) is 0 Å². The Bertz CT molecular complexity index is 517. The van der Waals surface area contributed by atoms with E-state index in [1.165, 1.54) is 6.07 Å². The second-order valence-corrected chi connectivity index (χ2v) is 4.09. The first-order valence-electron chi connectivity index (χ1n) is 5.64. The number of aliphatic hydroxyl groups is 1. The number of aryl methyl sites for hydroxylation is 2. The van der Waals surface area contributed by atoms with Crippen molar-refractivity contribution >= 4 is 0 Å². The molecular weight excluding hydrogens is 219 g/mol. The lowest BCUT2D eigenvalue weighted by atomic mass is 10.0. The van der Waals surface area contributed by atoms with E-state index in [-0.39, 0.29) is 5.56 Å². The molecule has 1 unspecified atom stereocenters. The van der Waals surface area contributed by atoms with E-state index in [1.54, 1.807) is 24.3 Å². The monoisotopic (exact) mass is 234 g/mol. The van der Waals surface area contributed by atoms with Crippen molar-refractivity contribution < 1.29 is 13.9 Å². The molecule has 0 aliphatic heterocycles. The zero-order valence-electron chi connectivity index (χ0n) is 9.90. The van der Waals surface area contributed by atoms with E-state index < -0.39 is 11.9 Å². The number of halogens is 1. The molecular formula is C14H15FO2. The van der Waals surface area contributed by atoms with Crippen LogP contribution >= 0.6 is 0 Å². The molecule has 2 nitrogen and oxygen atoms in total. The SMILES string of the molecule is CCc1ccc(C(O)c2cc(C)ccc2F)o1. The lowest BCUT2D eigenvalue weighted by Crippen LogP contribution is -2.01. The standard InChI is InChI=1S/C14H15FO2/c1-3-10-5-7-13(17-10)14(16)11-8-9(2)4-6-12(11)15/h4-8,14,16H,3H2,1-2H3. The summed E-state index contributed by atoms with van der Waals surface area (Å²) < 4.78 is 19.0. The lowest BCUT2D eigenvalue weighted by molar-refractivity contribution is 0.182. The number of hydrogen-bond donors (Lipinski definition) is 1. The van der Waals surface area contributed by atoms with Crippen LogP contribution in [0, 0.1) is 12.7 Å². The van der Waals surface area contributed by atoms with Gasteiger partial charge in [-0.15, -0.1) is 0 Å². The van der Waals surface area contributed by atoms with Crippen LogP contribution in [0.4, 0.5) is 4.39 Å². The molecule has 3 heteroatoms. The van der Waals surface area contributed by atoms with Crippen molar-refractivity contribution in [3.8, 4) is 0 Å². The molecule has 0 aliphatic rings. The first kappa shape index (κ1) is 11.9. The minimum atomic E-state index is -1.05. The predicted octanol–water partition coefficient (Wildman–Crippen LogP) is 3.37. The summed E-state index contributed by atoms with van der Waals surface area (Å²) in [5.41, 5.74) is 1.16. The van der Waals surface area contributed by atoms with Gasteiger partial charge in [0.15, 0.2) is 0 Å². The van der Waals surface area contributed by atoms with Gasteiger partial charge in [0, 0.05) is 12.0 Å². The van der Waals surface area contributed by atoms with Gasteiger partial charge in [0.1, 0.15) is 23.4 Å². The number of rotatable bonds is 3. The van der Waals surface area contributed by atoms with Crippen LogP contribution in [0.25, 0.3) is 0 Å². The highest BCUT2D eigenvalue weighted by Gasteiger charge is 2.18. The van der Waals surface area contributed by atoms with Crippen LogP contribution < -0.4 is 0 Å². The molecule has 0 aliphatic carbocycles. The fourth-order valence-electron chi connectivity index (χ4n) is 1.76. The van der Waals surface area contributed by atoms with Gasteiger partial charge in [-0.2, -0.15) is 0 Å². The smallest absolute Gasteiger partial charge is 0.139 e. The minimum Gasteiger partial charge on any atom is -0.463 e. The maximum Gasteiger partial charge on any atom is 0.139 e. The van der Waals surface area contributed by atoms with Crippen LogP contribution in [-0.2, 0) is 6.42 Å². The highest BCUT2D eigenvalue weighted by atomic mass is 19.1. The number of hydrogen-bond acceptors (Lipinski definition) is 2. The van der Waals surface area contributed by atoms with Gasteiger partial charge in [0.05, 0.1) is 0 Å². The average Bonchev–Trinajstić information content (AvgIpc) is 2.80. The number of benzene rings is 1. The van der Waals surface area contributed by atoms with Crippen LogP contribution in [-0.4, -0.2) is 5.11 Å². The highest BCUT2D eigenvalue weighted by Crippen LogP contribution is 2.26. The highest BCUT2D eigenvalue weighted by molar-refractivity contribution is 5.30. The van der Waals surface area contributed by atoms with E-state index in [1.807, 2.05) is 13.8 Å². The van der Waals surface area contributed by atoms with Crippen molar-refractivity contribution in [1.29, 1.82) is 0 Å². The van der Waals surface area contributed by atoms with Gasteiger partial charge >= 0.3 is 0 Å². The molecule has 1 N–H and O–H groups in total. The maximum absolute atomic E-state index is 13.6. The Morgan fingerprint density at radius 2 is 2.06 bits per heavy atom. The normalized spacial score (nSPS) is 12.7. The van der Waals surface area contributed by atoms with Gasteiger partial charge in [-0.05, 0) is 25.1 Å². The number of aliphatic hydroxyl groups excluding tert-OH is 1. The summed E-state index contributed by atoms with van der Waals surface area (Å²) in [5, 5.41) is 10.1. The zero-order chi connectivity index (χ0) is 12.4. The Morgan fingerprint density at radius 1 is 1.29 bits per heavy atom. The molecule has 17 heavy (non-hydrogen) atoms. The van der Waals surface area contributed by atoms with Gasteiger partial charge in [-0.1, -0.05) is 24.6 Å². The van der Waals surface area contributed by atoms with E-state index in [2.05, 4.69) is 0 Å². The van der Waals surface area contributed by atoms with Crippen molar-refractivity contribution in [3.05, 3.63) is 58.8 Å². The molecule has 2 rings (SSSR count). The summed E-state index contributed by atoms with van der Waals surface area (Å²) in [6.07, 6.45) is -0.293. The quantitative estimate of drug-likeness (QED) is 0.883. The Kier molecular flexibility index (Phi) is 3.29. The largest absolute Gasteiger partial charge is 0.463 e. The first-order valence-corrected chi connectivity index (χ1v) is 5.64. The fraction of sp³-hybridized carbons (Fsp3) is 0.286. The third-order valence-electron chi connectivity index (χ3n) is 2.75. The van der Waals surface area contributed by atoms with Crippen molar-refractivity contribution in [2.45, 2.75) is 26.4 Å². The second-order valence-electron chi connectivity index (χ2n) is 4.09. The third kappa shape index (κ3) is 2.39. The summed E-state index contributed by atoms with van der Waals surface area (Å²) in [4.78, 5) is 0. The van der Waals surface area contributed by atoms with Crippen molar-refractivity contribution in [3.63, 3.8) is 0 Å². The molecule has 0 bridgehead atoms. The van der Waals surface area contributed by atoms with Gasteiger partial charge in [-0.3, -0.25) is 0 Å². The van der Waals surface area contributed by atoms with Crippen LogP contribution in [0.1, 0.15) is 35.7 Å². The van der Waals surface area contributed by atoms with Crippen LogP contribution in [0.15, 0.2) is 34.7 Å². The minimum absolute atomic E-state index is 0.252. The van der Waals surface area contributed by atoms with E-state index in [4.69, 9.17) is 4.42 Å². The van der Waals surface area contributed by atoms with E-state index in [0.717, 1.165) is 17.7 Å². The molecule has 0 fully saturated rings. The molecule has 2 aromatic rings. The molecule has 0 saturated heterocycles.